The molecule has 1 fully saturated rings. The Balaban J connectivity index is 1.58. The van der Waals surface area contributed by atoms with Crippen molar-refractivity contribution in [3.8, 4) is 0 Å². The molecule has 1 saturated heterocycles. The molecule has 0 radical (unpaired) electrons. The minimum atomic E-state index is -0.372. The Morgan fingerprint density at radius 2 is 1.95 bits per heavy atom. The summed E-state index contributed by atoms with van der Waals surface area (Å²) in [5.41, 5.74) is 0.483. The summed E-state index contributed by atoms with van der Waals surface area (Å²) in [7, 11) is 0. The number of rotatable bonds is 7. The number of carbonyl (C=O) groups excluding carboxylic acids is 2. The van der Waals surface area contributed by atoms with Crippen LogP contribution < -0.4 is 16.0 Å². The lowest BCUT2D eigenvalue weighted by Gasteiger charge is -2.11. The Labute approximate surface area is 128 Å². The molecule has 2 rings (SSSR count). The van der Waals surface area contributed by atoms with Gasteiger partial charge in [-0.25, -0.2) is 4.39 Å². The quantitative estimate of drug-likeness (QED) is 0.691. The van der Waals surface area contributed by atoms with Crippen LogP contribution in [0.4, 0.5) is 10.1 Å². The van der Waals surface area contributed by atoms with E-state index in [0.717, 1.165) is 19.4 Å². The normalized spacial score (nSPS) is 17.2. The SMILES string of the molecule is O=C(CNCC1CCCO1)NCC(=O)Nc1ccc(F)cc1. The highest BCUT2D eigenvalue weighted by atomic mass is 19.1. The van der Waals surface area contributed by atoms with Gasteiger partial charge in [0.1, 0.15) is 5.82 Å². The molecule has 1 aliphatic heterocycles. The zero-order valence-corrected chi connectivity index (χ0v) is 12.2. The molecule has 1 aromatic rings. The molecule has 2 amide bonds. The van der Waals surface area contributed by atoms with Gasteiger partial charge in [0.25, 0.3) is 0 Å². The van der Waals surface area contributed by atoms with Crippen LogP contribution in [-0.4, -0.2) is 44.2 Å². The van der Waals surface area contributed by atoms with Gasteiger partial charge in [0, 0.05) is 18.8 Å². The van der Waals surface area contributed by atoms with Gasteiger partial charge in [0.15, 0.2) is 0 Å². The summed E-state index contributed by atoms with van der Waals surface area (Å²) in [6.07, 6.45) is 2.24. The van der Waals surface area contributed by atoms with E-state index in [-0.39, 0.29) is 36.8 Å². The Hall–Kier alpha value is -1.99. The minimum Gasteiger partial charge on any atom is -0.377 e. The number of hydrogen-bond acceptors (Lipinski definition) is 4. The fourth-order valence-corrected chi connectivity index (χ4v) is 2.13. The van der Waals surface area contributed by atoms with Crippen LogP contribution in [0.2, 0.25) is 0 Å². The van der Waals surface area contributed by atoms with E-state index in [1.807, 2.05) is 0 Å². The van der Waals surface area contributed by atoms with Crippen molar-refractivity contribution in [1.29, 1.82) is 0 Å². The molecule has 3 N–H and O–H groups in total. The molecule has 0 saturated carbocycles. The molecule has 0 bridgehead atoms. The van der Waals surface area contributed by atoms with Gasteiger partial charge in [-0.1, -0.05) is 0 Å². The molecule has 1 aromatic carbocycles. The molecule has 120 valence electrons. The predicted molar refractivity (Wildman–Crippen MR) is 79.9 cm³/mol. The average Bonchev–Trinajstić information content (AvgIpc) is 3.01. The lowest BCUT2D eigenvalue weighted by Crippen LogP contribution is -2.40. The average molecular weight is 309 g/mol. The van der Waals surface area contributed by atoms with Crippen molar-refractivity contribution in [2.45, 2.75) is 18.9 Å². The number of amides is 2. The largest absolute Gasteiger partial charge is 0.377 e. The van der Waals surface area contributed by atoms with E-state index in [1.165, 1.54) is 24.3 Å². The fraction of sp³-hybridized carbons (Fsp3) is 0.467. The van der Waals surface area contributed by atoms with Crippen LogP contribution in [0.3, 0.4) is 0 Å². The molecular weight excluding hydrogens is 289 g/mol. The lowest BCUT2D eigenvalue weighted by molar-refractivity contribution is -0.123. The second kappa shape index (κ2) is 8.45. The van der Waals surface area contributed by atoms with E-state index in [4.69, 9.17) is 4.74 Å². The van der Waals surface area contributed by atoms with E-state index < -0.39 is 0 Å². The highest BCUT2D eigenvalue weighted by Crippen LogP contribution is 2.10. The third kappa shape index (κ3) is 5.79. The molecule has 22 heavy (non-hydrogen) atoms. The first-order chi connectivity index (χ1) is 10.6. The molecule has 1 heterocycles. The lowest BCUT2D eigenvalue weighted by atomic mass is 10.2. The molecule has 6 nitrogen and oxygen atoms in total. The van der Waals surface area contributed by atoms with E-state index in [0.29, 0.717) is 12.2 Å². The zero-order chi connectivity index (χ0) is 15.8. The monoisotopic (exact) mass is 309 g/mol. The van der Waals surface area contributed by atoms with Gasteiger partial charge in [-0.05, 0) is 37.1 Å². The van der Waals surface area contributed by atoms with Gasteiger partial charge in [-0.3, -0.25) is 9.59 Å². The minimum absolute atomic E-state index is 0.127. The smallest absolute Gasteiger partial charge is 0.243 e. The second-order valence-electron chi connectivity index (χ2n) is 5.10. The van der Waals surface area contributed by atoms with Crippen molar-refractivity contribution in [3.63, 3.8) is 0 Å². The molecule has 1 atom stereocenters. The third-order valence-electron chi connectivity index (χ3n) is 3.26. The van der Waals surface area contributed by atoms with Crippen molar-refractivity contribution >= 4 is 17.5 Å². The van der Waals surface area contributed by atoms with Gasteiger partial charge in [-0.15, -0.1) is 0 Å². The third-order valence-corrected chi connectivity index (χ3v) is 3.26. The summed E-state index contributed by atoms with van der Waals surface area (Å²) in [5.74, 6) is -0.991. The maximum Gasteiger partial charge on any atom is 0.243 e. The topological polar surface area (TPSA) is 79.5 Å². The number of halogens is 1. The van der Waals surface area contributed by atoms with Crippen LogP contribution in [0.25, 0.3) is 0 Å². The summed E-state index contributed by atoms with van der Waals surface area (Å²) in [6.45, 7) is 1.43. The highest BCUT2D eigenvalue weighted by Gasteiger charge is 2.15. The maximum atomic E-state index is 12.7. The predicted octanol–water partition coefficient (Wildman–Crippen LogP) is 0.649. The van der Waals surface area contributed by atoms with Gasteiger partial charge < -0.3 is 20.7 Å². The van der Waals surface area contributed by atoms with Crippen molar-refractivity contribution in [2.75, 3.05) is 31.6 Å². The van der Waals surface area contributed by atoms with E-state index in [2.05, 4.69) is 16.0 Å². The van der Waals surface area contributed by atoms with Crippen LogP contribution in [0, 0.1) is 5.82 Å². The van der Waals surface area contributed by atoms with E-state index in [9.17, 15) is 14.0 Å². The second-order valence-corrected chi connectivity index (χ2v) is 5.10. The van der Waals surface area contributed by atoms with E-state index in [1.54, 1.807) is 0 Å². The summed E-state index contributed by atoms with van der Waals surface area (Å²) >= 11 is 0. The number of carbonyl (C=O) groups is 2. The highest BCUT2D eigenvalue weighted by molar-refractivity contribution is 5.94. The first-order valence-electron chi connectivity index (χ1n) is 7.28. The fourth-order valence-electron chi connectivity index (χ4n) is 2.13. The molecule has 0 aromatic heterocycles. The number of benzene rings is 1. The number of nitrogens with one attached hydrogen (secondary N) is 3. The molecular formula is C15H20FN3O3. The van der Waals surface area contributed by atoms with Crippen molar-refractivity contribution in [1.82, 2.24) is 10.6 Å². The molecule has 7 heteroatoms. The van der Waals surface area contributed by atoms with Crippen LogP contribution in [0.1, 0.15) is 12.8 Å². The number of anilines is 1. The van der Waals surface area contributed by atoms with Crippen molar-refractivity contribution in [2.24, 2.45) is 0 Å². The van der Waals surface area contributed by atoms with Crippen molar-refractivity contribution < 1.29 is 18.7 Å². The summed E-state index contributed by atoms with van der Waals surface area (Å²) in [5, 5.41) is 8.07. The summed E-state index contributed by atoms with van der Waals surface area (Å²) < 4.78 is 18.1. The Kier molecular flexibility index (Phi) is 6.29. The van der Waals surface area contributed by atoms with Crippen LogP contribution in [0.5, 0.6) is 0 Å². The Morgan fingerprint density at radius 3 is 2.64 bits per heavy atom. The molecule has 0 aliphatic carbocycles. The van der Waals surface area contributed by atoms with Crippen LogP contribution in [-0.2, 0) is 14.3 Å². The zero-order valence-electron chi connectivity index (χ0n) is 12.2. The van der Waals surface area contributed by atoms with Crippen molar-refractivity contribution in [3.05, 3.63) is 30.1 Å². The van der Waals surface area contributed by atoms with Gasteiger partial charge in [-0.2, -0.15) is 0 Å². The standard InChI is InChI=1S/C15H20FN3O3/c16-11-3-5-12(6-4-11)19-15(21)10-18-14(20)9-17-8-13-2-1-7-22-13/h3-6,13,17H,1-2,7-10H2,(H,18,20)(H,19,21). The first-order valence-corrected chi connectivity index (χ1v) is 7.28. The Morgan fingerprint density at radius 1 is 1.18 bits per heavy atom. The molecule has 1 aliphatic rings. The molecule has 0 spiro atoms. The number of ether oxygens (including phenoxy) is 1. The maximum absolute atomic E-state index is 12.7. The van der Waals surface area contributed by atoms with Gasteiger partial charge in [0.05, 0.1) is 19.2 Å². The summed E-state index contributed by atoms with van der Waals surface area (Å²) in [4.78, 5) is 23.2. The van der Waals surface area contributed by atoms with Crippen LogP contribution >= 0.6 is 0 Å². The van der Waals surface area contributed by atoms with Crippen LogP contribution in [0.15, 0.2) is 24.3 Å². The summed E-state index contributed by atoms with van der Waals surface area (Å²) in [6, 6.07) is 5.42. The Bertz CT molecular complexity index is 501. The number of hydrogen-bond donors (Lipinski definition) is 3. The molecule has 1 unspecified atom stereocenters. The van der Waals surface area contributed by atoms with E-state index >= 15 is 0 Å². The first kappa shape index (κ1) is 16.4. The van der Waals surface area contributed by atoms with Gasteiger partial charge in [0.2, 0.25) is 11.8 Å². The van der Waals surface area contributed by atoms with Gasteiger partial charge >= 0.3 is 0 Å².